The Hall–Kier alpha value is -8.74. The van der Waals surface area contributed by atoms with E-state index < -0.39 is 120 Å². The zero-order valence-electron chi connectivity index (χ0n) is 82.2. The summed E-state index contributed by atoms with van der Waals surface area (Å²) in [6, 6.07) is 4.28. The molecule has 34 aliphatic rings. The van der Waals surface area contributed by atoms with Gasteiger partial charge in [-0.1, -0.05) is 62.3 Å². The molecule has 34 rings (SSSR count). The molecular formula is C105H122N2O37S2. The van der Waals surface area contributed by atoms with E-state index in [1.165, 1.54) is 0 Å². The third-order valence-electron chi connectivity index (χ3n) is 45.4. The van der Waals surface area contributed by atoms with E-state index in [9.17, 15) is 84.0 Å². The van der Waals surface area contributed by atoms with E-state index in [1.54, 1.807) is 0 Å². The van der Waals surface area contributed by atoms with Crippen LogP contribution in [0.25, 0.3) is 0 Å². The fourth-order valence-electron chi connectivity index (χ4n) is 38.4. The van der Waals surface area contributed by atoms with E-state index in [4.69, 9.17) is 99.4 Å². The fourth-order valence-corrected chi connectivity index (χ4v) is 41.9. The Bertz CT molecular complexity index is 5860. The van der Waals surface area contributed by atoms with Gasteiger partial charge in [0.1, 0.15) is 102 Å². The Kier molecular flexibility index (Phi) is 20.5. The van der Waals surface area contributed by atoms with Crippen LogP contribution in [0.4, 0.5) is 0 Å². The molecule has 59 atom stereocenters. The lowest BCUT2D eigenvalue weighted by atomic mass is 9.66. The first kappa shape index (κ1) is 94.5. The van der Waals surface area contributed by atoms with Gasteiger partial charge in [-0.25, -0.2) is 0 Å². The molecular weight excluding hydrogens is 1950 g/mol. The van der Waals surface area contributed by atoms with Crippen molar-refractivity contribution in [1.82, 2.24) is 0 Å². The van der Waals surface area contributed by atoms with Gasteiger partial charge in [0.25, 0.3) is 20.2 Å². The molecule has 0 spiro atoms. The van der Waals surface area contributed by atoms with E-state index in [2.05, 4.69) is 46.8 Å². The number of nitriles is 2. The molecule has 17 aliphatic carbocycles. The van der Waals surface area contributed by atoms with Crippen molar-refractivity contribution in [3.63, 3.8) is 0 Å². The molecule has 41 heteroatoms. The van der Waals surface area contributed by atoms with Crippen LogP contribution in [-0.4, -0.2) is 245 Å². The van der Waals surface area contributed by atoms with Crippen molar-refractivity contribution < 1.29 is 173 Å². The number of carbonyl (C=O) groups is 14. The Balaban J connectivity index is 0.0000000834. The maximum Gasteiger partial charge on any atom is 0.329 e. The first-order valence-electron chi connectivity index (χ1n) is 54.1. The van der Waals surface area contributed by atoms with E-state index in [-0.39, 0.29) is 328 Å². The smallest absolute Gasteiger partial charge is 0.329 e. The minimum absolute atomic E-state index is 0.00409. The van der Waals surface area contributed by atoms with E-state index in [1.807, 2.05) is 27.7 Å². The van der Waals surface area contributed by atoms with Crippen molar-refractivity contribution in [3.8, 4) is 12.1 Å². The minimum atomic E-state index is -3.64. The first-order valence-corrected chi connectivity index (χ1v) is 57.1. The monoisotopic (exact) mass is 2070 g/mol. The molecule has 0 amide bonds. The summed E-state index contributed by atoms with van der Waals surface area (Å²) in [6.45, 7) is 18.6. The van der Waals surface area contributed by atoms with Crippen LogP contribution in [0, 0.1) is 240 Å². The van der Waals surface area contributed by atoms with Crippen LogP contribution in [0.2, 0.25) is 0 Å². The number of fused-ring (bicyclic) bond motifs is 11. The molecule has 0 aromatic rings. The van der Waals surface area contributed by atoms with Gasteiger partial charge in [-0.3, -0.25) is 75.5 Å². The highest BCUT2D eigenvalue weighted by atomic mass is 32.2. The predicted molar refractivity (Wildman–Crippen MR) is 474 cm³/mol. The van der Waals surface area contributed by atoms with Crippen molar-refractivity contribution in [2.45, 2.75) is 329 Å². The lowest BCUT2D eigenvalue weighted by Gasteiger charge is -2.33. The summed E-state index contributed by atoms with van der Waals surface area (Å²) in [5, 5.41) is 17.1. The topological polar surface area (TPSA) is 530 Å². The van der Waals surface area contributed by atoms with Crippen LogP contribution in [0.5, 0.6) is 0 Å². The summed E-state index contributed by atoms with van der Waals surface area (Å²) < 4.78 is 153. The number of ether oxygens (including phenoxy) is 17. The molecule has 17 heterocycles. The van der Waals surface area contributed by atoms with Crippen LogP contribution in [0.3, 0.4) is 0 Å². The molecule has 59 unspecified atom stereocenters. The zero-order valence-corrected chi connectivity index (χ0v) is 83.8. The molecule has 786 valence electrons. The normalized spacial score (nSPS) is 55.9. The van der Waals surface area contributed by atoms with Gasteiger partial charge in [-0.15, -0.1) is 0 Å². The zero-order chi connectivity index (χ0) is 101. The van der Waals surface area contributed by atoms with Gasteiger partial charge >= 0.3 is 83.6 Å². The lowest BCUT2D eigenvalue weighted by Crippen LogP contribution is -2.45. The summed E-state index contributed by atoms with van der Waals surface area (Å²) >= 11 is 0. The van der Waals surface area contributed by atoms with Crippen molar-refractivity contribution in [1.29, 1.82) is 10.5 Å². The first-order chi connectivity index (χ1) is 69.6. The van der Waals surface area contributed by atoms with Gasteiger partial charge in [0, 0.05) is 71.0 Å². The molecule has 0 aromatic carbocycles. The predicted octanol–water partition coefficient (Wildman–Crippen LogP) is 5.48. The highest BCUT2D eigenvalue weighted by molar-refractivity contribution is 7.88. The highest BCUT2D eigenvalue weighted by Gasteiger charge is 2.80. The molecule has 146 heavy (non-hydrogen) atoms. The summed E-state index contributed by atoms with van der Waals surface area (Å²) in [7, 11) is -7.16. The Morgan fingerprint density at radius 3 is 1.24 bits per heavy atom. The number of nitrogens with zero attached hydrogens (tertiary/aromatic N) is 2. The molecule has 34 fully saturated rings. The molecule has 17 saturated carbocycles. The molecule has 0 N–H and O–H groups in total. The number of rotatable bonds is 11. The average Bonchev–Trinajstić information content (AvgIpc) is 1.51. The third kappa shape index (κ3) is 12.5. The highest BCUT2D eigenvalue weighted by Crippen LogP contribution is 2.71. The van der Waals surface area contributed by atoms with E-state index in [0.29, 0.717) is 43.4 Å². The summed E-state index contributed by atoms with van der Waals surface area (Å²) in [5.74, 6) is -3.26. The van der Waals surface area contributed by atoms with Gasteiger partial charge in [0.15, 0.2) is 29.1 Å². The molecule has 22 bridgehead atoms. The standard InChI is InChI=1S/C18H20O6.C17H20O7S.C17H18O7.C17H24O4.C16H18O8S.C10H11NO3.C10H11NO2/c1-5-7-4-10-12(18(21)22-13(5)10)11(7)17(20)23-14-6-2-8-9(3-6)16(19)24-15(8)14;1-5-7-4-9-12(17(19)22-13(5)9)11(7)16(18)23-14-6-2-8-10(3-6)25(20,21)24-15(8)14;1-4-5-2-6-10(17(20)22-11(4)6)9(5)16(19)23-13-8-3-7-12(21-8)14(13)24-15(7)18;1-3-17(6-4-5-7-17)21-16(19)12-10-8-11-13(12)15(18)20-14(11)9(10)2;1-4-5-2-6-10(16(18)22-11(4)6)9(5)15(17)23-12-7-3-8-13(21-7)14(12)24-25(8,19)20;1-9(2)5-3-10(4-11)7(13-5)6(9)14-8(10)12;1-5-6-2-7-8(5)13-9(12)10(7,3-6)4-11/h5-15H,2-4H2,1H3;5-15H,2-4H2,1H3;4-14H,2-3H2,1H3;9-14H,3-8H2,1-2H3;4-14H,2-3H2,1H3;5-7H,3H2,1-2H3;5-8H,2-3H2,1H3. The van der Waals surface area contributed by atoms with E-state index in [0.717, 1.165) is 96.3 Å². The second-order valence-electron chi connectivity index (χ2n) is 51.0. The van der Waals surface area contributed by atoms with Crippen LogP contribution < -0.4 is 0 Å². The molecule has 17 saturated heterocycles. The second kappa shape index (κ2) is 31.7. The van der Waals surface area contributed by atoms with Gasteiger partial charge in [0.2, 0.25) is 0 Å². The average molecular weight is 2070 g/mol. The van der Waals surface area contributed by atoms with Crippen molar-refractivity contribution in [3.05, 3.63) is 0 Å². The largest absolute Gasteiger partial charge is 0.462 e. The van der Waals surface area contributed by atoms with Gasteiger partial charge in [-0.2, -0.15) is 27.4 Å². The molecule has 0 radical (unpaired) electrons. The quantitative estimate of drug-likeness (QED) is 0.140. The Morgan fingerprint density at radius 2 is 0.760 bits per heavy atom. The second-order valence-corrected chi connectivity index (χ2v) is 54.6. The van der Waals surface area contributed by atoms with Crippen molar-refractivity contribution >= 4 is 104 Å². The fraction of sp³-hybridized carbons (Fsp3) is 0.848. The van der Waals surface area contributed by atoms with Crippen molar-refractivity contribution in [2.24, 2.45) is 217 Å². The van der Waals surface area contributed by atoms with Crippen LogP contribution in [-0.2, 0) is 176 Å². The number of hydrogen-bond acceptors (Lipinski definition) is 39. The number of carbonyl (C=O) groups excluding carboxylic acids is 14. The molecule has 0 aromatic heterocycles. The third-order valence-corrected chi connectivity index (χ3v) is 48.9. The van der Waals surface area contributed by atoms with Crippen molar-refractivity contribution in [2.75, 3.05) is 0 Å². The maximum absolute atomic E-state index is 12.9. The molecule has 39 nitrogen and oxygen atoms in total. The summed E-state index contributed by atoms with van der Waals surface area (Å²) in [5.41, 5.74) is -2.14. The van der Waals surface area contributed by atoms with Crippen LogP contribution in [0.15, 0.2) is 0 Å². The Morgan fingerprint density at radius 1 is 0.349 bits per heavy atom. The summed E-state index contributed by atoms with van der Waals surface area (Å²) in [6.07, 6.45) is 9.31. The SMILES string of the molecule is CC1(C)C2CC3(C#N)C(=O)OC1C3O2.CC1C2CC3C1OC(=O)C3(C#N)C2.CC1C2CC3C1OC(=O)C3C2C(=O)OC1C2CC3C(=O)OC1C3C2.CC1C2CC3C1OC(=O)C3C2C(=O)OC1C2CC3C(=O)OC1C3O2.CC1C2CC3C1OC(=O)C3C2C(=O)OC1C2CC3C(O2)C1OS3(=O)=O.CC1C2CC3C1OC(=O)C3C2C(=O)OC1C2CC3C1OS(=O)(=O)C3C2.CCC1(OC(=O)C2C3CC4C(OC(=O)C42)C3C)CCCC1. The maximum atomic E-state index is 12.9. The van der Waals surface area contributed by atoms with Crippen LogP contribution in [0.1, 0.15) is 184 Å². The van der Waals surface area contributed by atoms with Gasteiger partial charge in [-0.05, 0) is 187 Å². The van der Waals surface area contributed by atoms with Crippen LogP contribution >= 0.6 is 0 Å². The van der Waals surface area contributed by atoms with E-state index >= 15 is 0 Å². The summed E-state index contributed by atoms with van der Waals surface area (Å²) in [4.78, 5) is 172. The lowest BCUT2D eigenvalue weighted by molar-refractivity contribution is -0.170. The van der Waals surface area contributed by atoms with Gasteiger partial charge in [0.05, 0.1) is 107 Å². The number of esters is 14. The number of hydrogen-bond donors (Lipinski definition) is 0. The Labute approximate surface area is 840 Å². The van der Waals surface area contributed by atoms with Gasteiger partial charge < -0.3 is 80.5 Å². The molecule has 17 aliphatic heterocycles. The minimum Gasteiger partial charge on any atom is -0.462 e.